The van der Waals surface area contributed by atoms with Gasteiger partial charge in [-0.2, -0.15) is 0 Å². The lowest BCUT2D eigenvalue weighted by molar-refractivity contribution is 0.0607. The van der Waals surface area contributed by atoms with Gasteiger partial charge in [0, 0.05) is 25.0 Å². The standard InChI is InChI=1S/C13H18N2O/c1-2-12-7-3-4-9-15(12)13(16)11-6-5-8-14-10-11/h5-6,8,10,12H,2-4,7,9H2,1H3. The van der Waals surface area contributed by atoms with Gasteiger partial charge in [-0.1, -0.05) is 6.92 Å². The molecule has 1 aromatic rings. The summed E-state index contributed by atoms with van der Waals surface area (Å²) < 4.78 is 0. The number of amides is 1. The summed E-state index contributed by atoms with van der Waals surface area (Å²) in [5, 5.41) is 0. The Balaban J connectivity index is 2.14. The van der Waals surface area contributed by atoms with Crippen molar-refractivity contribution in [2.75, 3.05) is 6.54 Å². The summed E-state index contributed by atoms with van der Waals surface area (Å²) in [6.07, 6.45) is 7.92. The van der Waals surface area contributed by atoms with Crippen LogP contribution in [0.3, 0.4) is 0 Å². The maximum absolute atomic E-state index is 12.3. The molecule has 1 aromatic heterocycles. The van der Waals surface area contributed by atoms with Crippen LogP contribution in [-0.2, 0) is 0 Å². The van der Waals surface area contributed by atoms with E-state index in [-0.39, 0.29) is 5.91 Å². The van der Waals surface area contributed by atoms with Crippen molar-refractivity contribution in [2.24, 2.45) is 0 Å². The lowest BCUT2D eigenvalue weighted by atomic mass is 9.99. The van der Waals surface area contributed by atoms with E-state index < -0.39 is 0 Å². The van der Waals surface area contributed by atoms with Gasteiger partial charge in [-0.3, -0.25) is 9.78 Å². The molecular formula is C13H18N2O. The van der Waals surface area contributed by atoms with Crippen molar-refractivity contribution in [3.8, 4) is 0 Å². The Morgan fingerprint density at radius 1 is 1.56 bits per heavy atom. The highest BCUT2D eigenvalue weighted by Crippen LogP contribution is 2.21. The maximum Gasteiger partial charge on any atom is 0.255 e. The quantitative estimate of drug-likeness (QED) is 0.764. The second kappa shape index (κ2) is 5.10. The molecule has 2 rings (SSSR count). The van der Waals surface area contributed by atoms with Crippen molar-refractivity contribution in [2.45, 2.75) is 38.6 Å². The third kappa shape index (κ3) is 2.23. The third-order valence-corrected chi connectivity index (χ3v) is 3.27. The molecule has 0 aliphatic carbocycles. The number of rotatable bonds is 2. The molecule has 2 heterocycles. The Morgan fingerprint density at radius 3 is 3.12 bits per heavy atom. The first kappa shape index (κ1) is 11.1. The van der Waals surface area contributed by atoms with Gasteiger partial charge in [0.05, 0.1) is 5.56 Å². The first-order valence-electron chi connectivity index (χ1n) is 6.04. The van der Waals surface area contributed by atoms with E-state index >= 15 is 0 Å². The summed E-state index contributed by atoms with van der Waals surface area (Å²) in [4.78, 5) is 18.3. The zero-order chi connectivity index (χ0) is 11.4. The Morgan fingerprint density at radius 2 is 2.44 bits per heavy atom. The van der Waals surface area contributed by atoms with E-state index in [1.165, 1.54) is 6.42 Å². The van der Waals surface area contributed by atoms with E-state index in [0.29, 0.717) is 11.6 Å². The number of carbonyl (C=O) groups excluding carboxylic acids is 1. The second-order valence-corrected chi connectivity index (χ2v) is 4.30. The molecule has 1 atom stereocenters. The molecule has 1 fully saturated rings. The van der Waals surface area contributed by atoms with E-state index in [1.54, 1.807) is 12.4 Å². The van der Waals surface area contributed by atoms with E-state index in [9.17, 15) is 4.79 Å². The second-order valence-electron chi connectivity index (χ2n) is 4.30. The number of hydrogen-bond donors (Lipinski definition) is 0. The molecule has 3 nitrogen and oxygen atoms in total. The van der Waals surface area contributed by atoms with Crippen LogP contribution in [0.2, 0.25) is 0 Å². The van der Waals surface area contributed by atoms with E-state index in [4.69, 9.17) is 0 Å². The minimum atomic E-state index is 0.139. The van der Waals surface area contributed by atoms with Gasteiger partial charge in [0.15, 0.2) is 0 Å². The van der Waals surface area contributed by atoms with Crippen molar-refractivity contribution in [3.05, 3.63) is 30.1 Å². The monoisotopic (exact) mass is 218 g/mol. The normalized spacial score (nSPS) is 20.8. The number of carbonyl (C=O) groups is 1. The lowest BCUT2D eigenvalue weighted by Gasteiger charge is -2.35. The molecular weight excluding hydrogens is 200 g/mol. The first-order chi connectivity index (χ1) is 7.83. The molecule has 1 aliphatic heterocycles. The molecule has 86 valence electrons. The van der Waals surface area contributed by atoms with Gasteiger partial charge in [0.25, 0.3) is 5.91 Å². The van der Waals surface area contributed by atoms with Crippen LogP contribution in [0, 0.1) is 0 Å². The number of hydrogen-bond acceptors (Lipinski definition) is 2. The topological polar surface area (TPSA) is 33.2 Å². The molecule has 1 aliphatic rings. The summed E-state index contributed by atoms with van der Waals surface area (Å²) in [5.74, 6) is 0.139. The van der Waals surface area contributed by atoms with Gasteiger partial charge < -0.3 is 4.90 Å². The molecule has 16 heavy (non-hydrogen) atoms. The van der Waals surface area contributed by atoms with Crippen LogP contribution in [-0.4, -0.2) is 28.4 Å². The zero-order valence-corrected chi connectivity index (χ0v) is 9.72. The SMILES string of the molecule is CCC1CCCCN1C(=O)c1cccnc1. The summed E-state index contributed by atoms with van der Waals surface area (Å²) in [6, 6.07) is 4.08. The van der Waals surface area contributed by atoms with Gasteiger partial charge in [-0.15, -0.1) is 0 Å². The Bertz CT molecular complexity index is 350. The summed E-state index contributed by atoms with van der Waals surface area (Å²) in [5.41, 5.74) is 0.711. The van der Waals surface area contributed by atoms with Crippen LogP contribution in [0.5, 0.6) is 0 Å². The van der Waals surface area contributed by atoms with Crippen molar-refractivity contribution >= 4 is 5.91 Å². The van der Waals surface area contributed by atoms with Gasteiger partial charge in [0.2, 0.25) is 0 Å². The lowest BCUT2D eigenvalue weighted by Crippen LogP contribution is -2.43. The number of likely N-dealkylation sites (tertiary alicyclic amines) is 1. The van der Waals surface area contributed by atoms with Crippen LogP contribution in [0.1, 0.15) is 43.0 Å². The van der Waals surface area contributed by atoms with Crippen molar-refractivity contribution < 1.29 is 4.79 Å². The number of piperidine rings is 1. The van der Waals surface area contributed by atoms with Gasteiger partial charge in [-0.05, 0) is 37.8 Å². The first-order valence-corrected chi connectivity index (χ1v) is 6.04. The van der Waals surface area contributed by atoms with Gasteiger partial charge >= 0.3 is 0 Å². The minimum absolute atomic E-state index is 0.139. The number of pyridine rings is 1. The largest absolute Gasteiger partial charge is 0.336 e. The Labute approximate surface area is 96.5 Å². The highest BCUT2D eigenvalue weighted by Gasteiger charge is 2.25. The van der Waals surface area contributed by atoms with Crippen molar-refractivity contribution in [1.82, 2.24) is 9.88 Å². The molecule has 0 radical (unpaired) electrons. The number of aromatic nitrogens is 1. The van der Waals surface area contributed by atoms with Crippen LogP contribution >= 0.6 is 0 Å². The Hall–Kier alpha value is -1.38. The van der Waals surface area contributed by atoms with Crippen molar-refractivity contribution in [1.29, 1.82) is 0 Å². The molecule has 0 N–H and O–H groups in total. The predicted octanol–water partition coefficient (Wildman–Crippen LogP) is 2.49. The van der Waals surface area contributed by atoms with E-state index in [1.807, 2.05) is 17.0 Å². The Kier molecular flexibility index (Phi) is 3.54. The zero-order valence-electron chi connectivity index (χ0n) is 9.72. The third-order valence-electron chi connectivity index (χ3n) is 3.27. The summed E-state index contributed by atoms with van der Waals surface area (Å²) >= 11 is 0. The van der Waals surface area contributed by atoms with Gasteiger partial charge in [-0.25, -0.2) is 0 Å². The summed E-state index contributed by atoms with van der Waals surface area (Å²) in [6.45, 7) is 3.05. The highest BCUT2D eigenvalue weighted by atomic mass is 16.2. The smallest absolute Gasteiger partial charge is 0.255 e. The molecule has 0 aromatic carbocycles. The fourth-order valence-electron chi connectivity index (χ4n) is 2.35. The molecule has 0 bridgehead atoms. The van der Waals surface area contributed by atoms with Crippen molar-refractivity contribution in [3.63, 3.8) is 0 Å². The maximum atomic E-state index is 12.3. The average Bonchev–Trinajstić information content (AvgIpc) is 2.39. The van der Waals surface area contributed by atoms with E-state index in [0.717, 1.165) is 25.8 Å². The molecule has 1 unspecified atom stereocenters. The predicted molar refractivity (Wildman–Crippen MR) is 63.2 cm³/mol. The molecule has 0 saturated carbocycles. The number of nitrogens with zero attached hydrogens (tertiary/aromatic N) is 2. The highest BCUT2D eigenvalue weighted by molar-refractivity contribution is 5.94. The van der Waals surface area contributed by atoms with E-state index in [2.05, 4.69) is 11.9 Å². The van der Waals surface area contributed by atoms with Gasteiger partial charge in [0.1, 0.15) is 0 Å². The van der Waals surface area contributed by atoms with Crippen LogP contribution in [0.15, 0.2) is 24.5 Å². The summed E-state index contributed by atoms with van der Waals surface area (Å²) in [7, 11) is 0. The fourth-order valence-corrected chi connectivity index (χ4v) is 2.35. The molecule has 3 heteroatoms. The van der Waals surface area contributed by atoms with Crippen LogP contribution in [0.25, 0.3) is 0 Å². The molecule has 1 saturated heterocycles. The fraction of sp³-hybridized carbons (Fsp3) is 0.538. The average molecular weight is 218 g/mol. The molecule has 0 spiro atoms. The molecule has 1 amide bonds. The minimum Gasteiger partial charge on any atom is -0.336 e. The van der Waals surface area contributed by atoms with Crippen LogP contribution in [0.4, 0.5) is 0 Å². The van der Waals surface area contributed by atoms with Crippen LogP contribution < -0.4 is 0 Å².